The monoisotopic (exact) mass is 259 g/mol. The fourth-order valence-corrected chi connectivity index (χ4v) is 1.57. The van der Waals surface area contributed by atoms with Gasteiger partial charge in [-0.2, -0.15) is 0 Å². The third-order valence-electron chi connectivity index (χ3n) is 3.26. The van der Waals surface area contributed by atoms with E-state index in [1.54, 1.807) is 0 Å². The van der Waals surface area contributed by atoms with E-state index < -0.39 is 0 Å². The maximum absolute atomic E-state index is 8.71. The Bertz CT molecular complexity index is 253. The molecule has 1 atom stereocenters. The van der Waals surface area contributed by atoms with Crippen molar-refractivity contribution in [1.82, 2.24) is 5.32 Å². The van der Waals surface area contributed by atoms with Gasteiger partial charge >= 0.3 is 0 Å². The summed E-state index contributed by atoms with van der Waals surface area (Å²) < 4.78 is 5.46. The number of hydrogen-bond donors (Lipinski definition) is 3. The van der Waals surface area contributed by atoms with E-state index in [0.717, 1.165) is 26.2 Å². The molecule has 0 aliphatic rings. The summed E-state index contributed by atoms with van der Waals surface area (Å²) in [6.07, 6.45) is 0.818. The first-order valence-corrected chi connectivity index (χ1v) is 6.64. The van der Waals surface area contributed by atoms with Gasteiger partial charge in [-0.1, -0.05) is 32.9 Å². The van der Waals surface area contributed by atoms with Crippen molar-refractivity contribution in [2.75, 3.05) is 19.8 Å². The molecular formula is C13H29N3O2. The fraction of sp³-hybridized carbons (Fsp3) is 0.923. The van der Waals surface area contributed by atoms with Gasteiger partial charge in [-0.3, -0.25) is 0 Å². The van der Waals surface area contributed by atoms with Gasteiger partial charge in [-0.15, -0.1) is 0 Å². The number of nitrogens with zero attached hydrogens (tertiary/aromatic N) is 1. The van der Waals surface area contributed by atoms with Crippen LogP contribution in [0.3, 0.4) is 0 Å². The van der Waals surface area contributed by atoms with Crippen LogP contribution in [0.5, 0.6) is 0 Å². The highest BCUT2D eigenvalue weighted by Gasteiger charge is 2.23. The minimum absolute atomic E-state index is 0.273. The molecule has 18 heavy (non-hydrogen) atoms. The van der Waals surface area contributed by atoms with Crippen molar-refractivity contribution in [2.24, 2.45) is 22.2 Å². The molecule has 0 aromatic rings. The van der Waals surface area contributed by atoms with Crippen LogP contribution in [0.4, 0.5) is 0 Å². The largest absolute Gasteiger partial charge is 0.409 e. The summed E-state index contributed by atoms with van der Waals surface area (Å²) in [5, 5.41) is 15.3. The number of ether oxygens (including phenoxy) is 1. The van der Waals surface area contributed by atoms with Gasteiger partial charge in [0.2, 0.25) is 0 Å². The van der Waals surface area contributed by atoms with E-state index in [2.05, 4.69) is 24.3 Å². The molecule has 108 valence electrons. The molecule has 0 fully saturated rings. The van der Waals surface area contributed by atoms with Crippen molar-refractivity contribution < 1.29 is 9.94 Å². The fourth-order valence-electron chi connectivity index (χ4n) is 1.57. The van der Waals surface area contributed by atoms with Crippen LogP contribution >= 0.6 is 0 Å². The number of nitrogens with two attached hydrogens (primary N) is 1. The average molecular weight is 259 g/mol. The first kappa shape index (κ1) is 17.2. The van der Waals surface area contributed by atoms with Crippen molar-refractivity contribution in [1.29, 1.82) is 0 Å². The molecule has 0 heterocycles. The Labute approximate surface area is 111 Å². The van der Waals surface area contributed by atoms with Gasteiger partial charge in [-0.05, 0) is 25.8 Å². The molecule has 0 saturated carbocycles. The van der Waals surface area contributed by atoms with Crippen LogP contribution in [0.1, 0.15) is 41.0 Å². The lowest BCUT2D eigenvalue weighted by molar-refractivity contribution is 0.107. The second-order valence-corrected chi connectivity index (χ2v) is 5.58. The summed E-state index contributed by atoms with van der Waals surface area (Å²) in [6, 6.07) is 0.341. The number of nitrogens with one attached hydrogen (secondary N) is 1. The summed E-state index contributed by atoms with van der Waals surface area (Å²) >= 11 is 0. The summed E-state index contributed by atoms with van der Waals surface area (Å²) in [5.41, 5.74) is 5.36. The van der Waals surface area contributed by atoms with E-state index in [0.29, 0.717) is 12.0 Å². The standard InChI is InChI=1S/C13H29N3O2/c1-6-18-9-11(10(2)3)15-8-7-13(4,5)12(14)16-17/h10-11,15,17H,6-9H2,1-5H3,(H2,14,16). The number of oxime groups is 1. The molecule has 0 aromatic heterocycles. The van der Waals surface area contributed by atoms with Crippen LogP contribution in [0.25, 0.3) is 0 Å². The van der Waals surface area contributed by atoms with Crippen LogP contribution in [0.2, 0.25) is 0 Å². The van der Waals surface area contributed by atoms with Crippen LogP contribution in [-0.2, 0) is 4.74 Å². The lowest BCUT2D eigenvalue weighted by atomic mass is 9.88. The summed E-state index contributed by atoms with van der Waals surface area (Å²) in [5.74, 6) is 0.790. The molecule has 0 spiro atoms. The zero-order valence-corrected chi connectivity index (χ0v) is 12.4. The Hall–Kier alpha value is -0.810. The lowest BCUT2D eigenvalue weighted by Crippen LogP contribution is -2.41. The molecule has 4 N–H and O–H groups in total. The van der Waals surface area contributed by atoms with E-state index in [-0.39, 0.29) is 11.3 Å². The van der Waals surface area contributed by atoms with E-state index >= 15 is 0 Å². The predicted molar refractivity (Wildman–Crippen MR) is 74.9 cm³/mol. The number of hydrogen-bond acceptors (Lipinski definition) is 4. The molecule has 5 nitrogen and oxygen atoms in total. The lowest BCUT2D eigenvalue weighted by Gasteiger charge is -2.26. The molecule has 5 heteroatoms. The van der Waals surface area contributed by atoms with E-state index in [1.165, 1.54) is 0 Å². The maximum atomic E-state index is 8.71. The topological polar surface area (TPSA) is 79.9 Å². The Morgan fingerprint density at radius 3 is 2.50 bits per heavy atom. The molecule has 0 radical (unpaired) electrons. The molecule has 1 unspecified atom stereocenters. The SMILES string of the molecule is CCOCC(NCCC(C)(C)C(N)=NO)C(C)C. The van der Waals surface area contributed by atoms with Crippen LogP contribution < -0.4 is 11.1 Å². The highest BCUT2D eigenvalue weighted by molar-refractivity contribution is 5.85. The van der Waals surface area contributed by atoms with Gasteiger partial charge in [0.05, 0.1) is 6.61 Å². The van der Waals surface area contributed by atoms with Gasteiger partial charge in [0.15, 0.2) is 0 Å². The van der Waals surface area contributed by atoms with Crippen LogP contribution in [0.15, 0.2) is 5.16 Å². The second kappa shape index (κ2) is 8.32. The van der Waals surface area contributed by atoms with Gasteiger partial charge in [0.25, 0.3) is 0 Å². The molecule has 0 rings (SSSR count). The first-order valence-electron chi connectivity index (χ1n) is 6.64. The first-order chi connectivity index (χ1) is 8.35. The Morgan fingerprint density at radius 1 is 1.44 bits per heavy atom. The molecular weight excluding hydrogens is 230 g/mol. The van der Waals surface area contributed by atoms with Crippen molar-refractivity contribution >= 4 is 5.84 Å². The van der Waals surface area contributed by atoms with E-state index in [9.17, 15) is 0 Å². The summed E-state index contributed by atoms with van der Waals surface area (Å²) in [6.45, 7) is 12.6. The van der Waals surface area contributed by atoms with Gasteiger partial charge in [0.1, 0.15) is 5.84 Å². The Kier molecular flexibility index (Phi) is 7.95. The van der Waals surface area contributed by atoms with Crippen molar-refractivity contribution in [2.45, 2.75) is 47.1 Å². The van der Waals surface area contributed by atoms with Crippen molar-refractivity contribution in [3.05, 3.63) is 0 Å². The zero-order valence-electron chi connectivity index (χ0n) is 12.4. The van der Waals surface area contributed by atoms with Gasteiger partial charge in [-0.25, -0.2) is 0 Å². The van der Waals surface area contributed by atoms with Crippen LogP contribution in [0, 0.1) is 11.3 Å². The van der Waals surface area contributed by atoms with Gasteiger partial charge < -0.3 is 21.0 Å². The Balaban J connectivity index is 4.13. The highest BCUT2D eigenvalue weighted by Crippen LogP contribution is 2.19. The van der Waals surface area contributed by atoms with Crippen LogP contribution in [-0.4, -0.2) is 36.8 Å². The van der Waals surface area contributed by atoms with E-state index in [1.807, 2.05) is 20.8 Å². The van der Waals surface area contributed by atoms with Crippen molar-refractivity contribution in [3.8, 4) is 0 Å². The summed E-state index contributed by atoms with van der Waals surface area (Å²) in [7, 11) is 0. The van der Waals surface area contributed by atoms with Gasteiger partial charge in [0, 0.05) is 18.1 Å². The van der Waals surface area contributed by atoms with E-state index in [4.69, 9.17) is 15.7 Å². The van der Waals surface area contributed by atoms with Crippen molar-refractivity contribution in [3.63, 3.8) is 0 Å². The number of rotatable bonds is 9. The normalized spacial score (nSPS) is 15.1. The molecule has 0 aliphatic carbocycles. The quantitative estimate of drug-likeness (QED) is 0.255. The molecule has 0 aliphatic heterocycles. The molecule has 0 amide bonds. The third-order valence-corrected chi connectivity index (χ3v) is 3.26. The smallest absolute Gasteiger partial charge is 0.144 e. The predicted octanol–water partition coefficient (Wildman–Crippen LogP) is 1.80. The maximum Gasteiger partial charge on any atom is 0.144 e. The molecule has 0 bridgehead atoms. The third kappa shape index (κ3) is 6.21. The average Bonchev–Trinajstić information content (AvgIpc) is 2.31. The zero-order chi connectivity index (χ0) is 14.2. The number of amidine groups is 1. The minimum Gasteiger partial charge on any atom is -0.409 e. The molecule has 0 aromatic carbocycles. The molecule has 0 saturated heterocycles. The Morgan fingerprint density at radius 2 is 2.06 bits per heavy atom. The second-order valence-electron chi connectivity index (χ2n) is 5.58. The summed E-state index contributed by atoms with van der Waals surface area (Å²) in [4.78, 5) is 0. The minimum atomic E-state index is -0.297. The highest BCUT2D eigenvalue weighted by atomic mass is 16.5.